The molecule has 0 radical (unpaired) electrons. The molecule has 1 aromatic rings. The maximum atomic E-state index is 13.0. The SMILES string of the molecule is CNCCCCCCN=C(C)/C=C(\C=C(/C)N)c1cccc(C(F)(F)F)c1. The fourth-order valence-electron chi connectivity index (χ4n) is 2.62. The third kappa shape index (κ3) is 9.43. The van der Waals surface area contributed by atoms with Crippen molar-refractivity contribution < 1.29 is 13.2 Å². The maximum Gasteiger partial charge on any atom is 0.416 e. The lowest BCUT2D eigenvalue weighted by atomic mass is 10.0. The van der Waals surface area contributed by atoms with Gasteiger partial charge in [-0.05, 0) is 75.7 Å². The van der Waals surface area contributed by atoms with Gasteiger partial charge in [-0.25, -0.2) is 0 Å². The molecule has 0 spiro atoms. The van der Waals surface area contributed by atoms with E-state index in [2.05, 4.69) is 10.3 Å². The number of alkyl halides is 3. The van der Waals surface area contributed by atoms with Gasteiger partial charge in [0, 0.05) is 18.0 Å². The number of aliphatic imine (C=N–C) groups is 1. The van der Waals surface area contributed by atoms with Crippen LogP contribution in [-0.2, 0) is 6.18 Å². The smallest absolute Gasteiger partial charge is 0.402 e. The van der Waals surface area contributed by atoms with E-state index >= 15 is 0 Å². The molecular weight excluding hydrogens is 351 g/mol. The molecule has 0 saturated carbocycles. The molecule has 0 bridgehead atoms. The third-order valence-electron chi connectivity index (χ3n) is 3.97. The molecule has 0 unspecified atom stereocenters. The summed E-state index contributed by atoms with van der Waals surface area (Å²) in [6.07, 6.45) is 3.51. The molecule has 0 aliphatic carbocycles. The monoisotopic (exact) mass is 381 g/mol. The second-order valence-electron chi connectivity index (χ2n) is 6.61. The average molecular weight is 381 g/mol. The molecule has 0 saturated heterocycles. The van der Waals surface area contributed by atoms with Crippen LogP contribution in [0.1, 0.15) is 50.7 Å². The van der Waals surface area contributed by atoms with Gasteiger partial charge >= 0.3 is 6.18 Å². The molecule has 1 rings (SSSR count). The molecule has 0 fully saturated rings. The van der Waals surface area contributed by atoms with Crippen LogP contribution < -0.4 is 11.1 Å². The van der Waals surface area contributed by atoms with E-state index in [0.717, 1.165) is 50.1 Å². The van der Waals surface area contributed by atoms with E-state index in [1.807, 2.05) is 14.0 Å². The van der Waals surface area contributed by atoms with Crippen molar-refractivity contribution in [2.24, 2.45) is 10.7 Å². The highest BCUT2D eigenvalue weighted by atomic mass is 19.4. The molecule has 150 valence electrons. The number of nitrogens with two attached hydrogens (primary N) is 1. The van der Waals surface area contributed by atoms with Gasteiger partial charge in [-0.15, -0.1) is 0 Å². The fourth-order valence-corrected chi connectivity index (χ4v) is 2.62. The number of benzene rings is 1. The maximum absolute atomic E-state index is 13.0. The normalized spacial score (nSPS) is 13.9. The lowest BCUT2D eigenvalue weighted by Gasteiger charge is -2.10. The molecule has 3 N–H and O–H groups in total. The fraction of sp³-hybridized carbons (Fsp3) is 0.476. The van der Waals surface area contributed by atoms with E-state index < -0.39 is 11.7 Å². The summed E-state index contributed by atoms with van der Waals surface area (Å²) < 4.78 is 39.0. The molecule has 27 heavy (non-hydrogen) atoms. The van der Waals surface area contributed by atoms with Crippen molar-refractivity contribution in [2.75, 3.05) is 20.1 Å². The Bertz CT molecular complexity index is 669. The largest absolute Gasteiger partial charge is 0.416 e. The molecule has 1 aromatic carbocycles. The summed E-state index contributed by atoms with van der Waals surface area (Å²) in [4.78, 5) is 4.52. The van der Waals surface area contributed by atoms with Crippen molar-refractivity contribution >= 4 is 11.3 Å². The Balaban J connectivity index is 2.87. The van der Waals surface area contributed by atoms with E-state index in [0.29, 0.717) is 23.4 Å². The molecule has 3 nitrogen and oxygen atoms in total. The van der Waals surface area contributed by atoms with Gasteiger partial charge in [0.1, 0.15) is 0 Å². The second kappa shape index (κ2) is 11.6. The third-order valence-corrected chi connectivity index (χ3v) is 3.97. The van der Waals surface area contributed by atoms with Crippen LogP contribution in [0.2, 0.25) is 0 Å². The Labute approximate surface area is 160 Å². The van der Waals surface area contributed by atoms with E-state index in [1.54, 1.807) is 25.1 Å². The van der Waals surface area contributed by atoms with Crippen LogP contribution in [0.4, 0.5) is 13.2 Å². The van der Waals surface area contributed by atoms with Gasteiger partial charge in [-0.1, -0.05) is 25.0 Å². The summed E-state index contributed by atoms with van der Waals surface area (Å²) in [5.74, 6) is 0. The minimum Gasteiger partial charge on any atom is -0.402 e. The van der Waals surface area contributed by atoms with E-state index in [-0.39, 0.29) is 0 Å². The first-order valence-corrected chi connectivity index (χ1v) is 9.23. The number of hydrogen-bond acceptors (Lipinski definition) is 3. The Hall–Kier alpha value is -2.08. The van der Waals surface area contributed by atoms with Gasteiger partial charge in [-0.3, -0.25) is 4.99 Å². The predicted octanol–water partition coefficient (Wildman–Crippen LogP) is 5.19. The number of rotatable bonds is 10. The molecular formula is C21H30F3N3. The zero-order valence-electron chi connectivity index (χ0n) is 16.4. The number of hydrogen-bond donors (Lipinski definition) is 2. The quantitative estimate of drug-likeness (QED) is 0.333. The van der Waals surface area contributed by atoms with Crippen molar-refractivity contribution in [3.8, 4) is 0 Å². The Morgan fingerprint density at radius 2 is 1.81 bits per heavy atom. The Morgan fingerprint density at radius 1 is 1.11 bits per heavy atom. The van der Waals surface area contributed by atoms with Crippen molar-refractivity contribution in [1.82, 2.24) is 5.32 Å². The highest BCUT2D eigenvalue weighted by Crippen LogP contribution is 2.31. The van der Waals surface area contributed by atoms with Crippen LogP contribution in [0, 0.1) is 0 Å². The Morgan fingerprint density at radius 3 is 2.44 bits per heavy atom. The van der Waals surface area contributed by atoms with Crippen LogP contribution in [0.25, 0.3) is 5.57 Å². The molecule has 0 atom stereocenters. The number of nitrogens with zero attached hydrogens (tertiary/aromatic N) is 1. The van der Waals surface area contributed by atoms with Crippen molar-refractivity contribution in [2.45, 2.75) is 45.7 Å². The highest BCUT2D eigenvalue weighted by Gasteiger charge is 2.30. The number of halogens is 3. The second-order valence-corrected chi connectivity index (χ2v) is 6.61. The summed E-state index contributed by atoms with van der Waals surface area (Å²) in [5.41, 5.74) is 7.47. The van der Waals surface area contributed by atoms with Crippen molar-refractivity contribution in [1.29, 1.82) is 0 Å². The van der Waals surface area contributed by atoms with Gasteiger partial charge < -0.3 is 11.1 Å². The predicted molar refractivity (Wildman–Crippen MR) is 108 cm³/mol. The zero-order chi connectivity index (χ0) is 20.3. The average Bonchev–Trinajstić information content (AvgIpc) is 2.59. The molecule has 0 aliphatic rings. The van der Waals surface area contributed by atoms with Crippen molar-refractivity contribution in [3.63, 3.8) is 0 Å². The topological polar surface area (TPSA) is 50.4 Å². The summed E-state index contributed by atoms with van der Waals surface area (Å²) in [7, 11) is 1.94. The standard InChI is InChI=1S/C21H30F3N3/c1-16(25)13-19(18-9-8-10-20(15-18)21(22,23)24)14-17(2)27-12-7-5-4-6-11-26-3/h8-10,13-15,26H,4-7,11-12,25H2,1-3H3/b16-13+,19-14+,27-17?. The number of allylic oxidation sites excluding steroid dienone is 4. The van der Waals surface area contributed by atoms with E-state index in [1.165, 1.54) is 6.07 Å². The van der Waals surface area contributed by atoms with Crippen LogP contribution in [-0.4, -0.2) is 25.8 Å². The minimum atomic E-state index is -4.38. The minimum absolute atomic E-state index is 0.469. The summed E-state index contributed by atoms with van der Waals surface area (Å²) >= 11 is 0. The molecule has 0 heterocycles. The lowest BCUT2D eigenvalue weighted by molar-refractivity contribution is -0.137. The van der Waals surface area contributed by atoms with Crippen LogP contribution in [0.5, 0.6) is 0 Å². The van der Waals surface area contributed by atoms with E-state index in [4.69, 9.17) is 5.73 Å². The van der Waals surface area contributed by atoms with Gasteiger partial charge in [0.2, 0.25) is 0 Å². The molecule has 0 amide bonds. The highest BCUT2D eigenvalue weighted by molar-refractivity contribution is 6.01. The first-order valence-electron chi connectivity index (χ1n) is 9.23. The van der Waals surface area contributed by atoms with Gasteiger partial charge in [-0.2, -0.15) is 13.2 Å². The Kier molecular flexibility index (Phi) is 9.86. The van der Waals surface area contributed by atoms with Crippen molar-refractivity contribution in [3.05, 3.63) is 53.2 Å². The van der Waals surface area contributed by atoms with Gasteiger partial charge in [0.05, 0.1) is 5.56 Å². The van der Waals surface area contributed by atoms with Gasteiger partial charge in [0.25, 0.3) is 0 Å². The molecule has 0 aliphatic heterocycles. The van der Waals surface area contributed by atoms with Crippen LogP contribution in [0.15, 0.2) is 47.1 Å². The zero-order valence-corrected chi connectivity index (χ0v) is 16.4. The van der Waals surface area contributed by atoms with Crippen LogP contribution in [0.3, 0.4) is 0 Å². The summed E-state index contributed by atoms with van der Waals surface area (Å²) in [6, 6.07) is 5.26. The first-order chi connectivity index (χ1) is 12.7. The van der Waals surface area contributed by atoms with E-state index in [9.17, 15) is 13.2 Å². The molecule has 0 aromatic heterocycles. The summed E-state index contributed by atoms with van der Waals surface area (Å²) in [5, 5.41) is 3.12. The molecule has 6 heteroatoms. The number of nitrogens with one attached hydrogen (secondary N) is 1. The van der Waals surface area contributed by atoms with Gasteiger partial charge in [0.15, 0.2) is 0 Å². The first kappa shape index (κ1) is 23.0. The number of unbranched alkanes of at least 4 members (excludes halogenated alkanes) is 3. The van der Waals surface area contributed by atoms with Crippen LogP contribution >= 0.6 is 0 Å². The summed E-state index contributed by atoms with van der Waals surface area (Å²) in [6.45, 7) is 5.30. The lowest BCUT2D eigenvalue weighted by Crippen LogP contribution is -2.07.